The van der Waals surface area contributed by atoms with Gasteiger partial charge in [-0.2, -0.15) is 5.10 Å². The molecule has 3 heterocycles. The Hall–Kier alpha value is -3.22. The molecule has 0 saturated carbocycles. The molecule has 2 amide bonds. The number of hydrogen-bond donors (Lipinski definition) is 1. The van der Waals surface area contributed by atoms with Crippen LogP contribution in [0.2, 0.25) is 0 Å². The zero-order valence-corrected chi connectivity index (χ0v) is 14.2. The van der Waals surface area contributed by atoms with Gasteiger partial charge in [-0.15, -0.1) is 0 Å². The van der Waals surface area contributed by atoms with Crippen LogP contribution in [0.3, 0.4) is 0 Å². The van der Waals surface area contributed by atoms with Crippen LogP contribution in [0.5, 0.6) is 0 Å². The van der Waals surface area contributed by atoms with E-state index in [0.29, 0.717) is 12.3 Å². The molecule has 0 radical (unpaired) electrons. The van der Waals surface area contributed by atoms with Gasteiger partial charge in [-0.3, -0.25) is 19.6 Å². The van der Waals surface area contributed by atoms with Gasteiger partial charge in [-0.05, 0) is 37.1 Å². The van der Waals surface area contributed by atoms with Gasteiger partial charge in [0.15, 0.2) is 0 Å². The van der Waals surface area contributed by atoms with E-state index in [-0.39, 0.29) is 12.3 Å². The van der Waals surface area contributed by atoms with Crippen molar-refractivity contribution < 1.29 is 9.59 Å². The first-order valence-corrected chi connectivity index (χ1v) is 8.62. The van der Waals surface area contributed by atoms with Crippen LogP contribution in [0.15, 0.2) is 53.8 Å². The van der Waals surface area contributed by atoms with Crippen LogP contribution < -0.4 is 15.6 Å². The molecule has 0 bridgehead atoms. The van der Waals surface area contributed by atoms with E-state index in [0.717, 1.165) is 29.9 Å². The highest BCUT2D eigenvalue weighted by Gasteiger charge is 2.37. The average molecular weight is 349 g/mol. The first-order chi connectivity index (χ1) is 12.6. The number of benzene rings is 1. The van der Waals surface area contributed by atoms with E-state index in [4.69, 9.17) is 5.73 Å². The Balaban J connectivity index is 1.66. The van der Waals surface area contributed by atoms with Crippen molar-refractivity contribution in [2.45, 2.75) is 25.3 Å². The highest BCUT2D eigenvalue weighted by molar-refractivity contribution is 6.45. The highest BCUT2D eigenvalue weighted by Crippen LogP contribution is 2.28. The lowest BCUT2D eigenvalue weighted by molar-refractivity contribution is -0.119. The van der Waals surface area contributed by atoms with Crippen molar-refractivity contribution in [2.24, 2.45) is 10.8 Å². The van der Waals surface area contributed by atoms with E-state index in [1.165, 1.54) is 0 Å². The Morgan fingerprint density at radius 2 is 1.92 bits per heavy atom. The van der Waals surface area contributed by atoms with Crippen LogP contribution in [0, 0.1) is 0 Å². The number of amides is 2. The van der Waals surface area contributed by atoms with Gasteiger partial charge in [0.2, 0.25) is 5.91 Å². The molecule has 2 aliphatic heterocycles. The Morgan fingerprint density at radius 1 is 1.12 bits per heavy atom. The second-order valence-corrected chi connectivity index (χ2v) is 6.38. The largest absolute Gasteiger partial charge is 0.368 e. The quantitative estimate of drug-likeness (QED) is 0.908. The third-order valence-corrected chi connectivity index (χ3v) is 4.70. The minimum Gasteiger partial charge on any atom is -0.368 e. The van der Waals surface area contributed by atoms with Crippen LogP contribution >= 0.6 is 0 Å². The molecule has 0 spiro atoms. The van der Waals surface area contributed by atoms with Crippen molar-refractivity contribution in [1.82, 2.24) is 4.98 Å². The fourth-order valence-corrected chi connectivity index (χ4v) is 3.44. The Labute approximate surface area is 151 Å². The standard InChI is InChI=1S/C19H19N5O2/c20-18(25)17-12-15(22-24(17)13-6-2-1-3-7-13)19(26)23-11-5-8-14-16(23)9-4-10-21-14/h1-4,6-7,9-10,17H,5,8,11-12H2,(H2,20,25)/t17-/m0/s1. The van der Waals surface area contributed by atoms with Crippen molar-refractivity contribution in [3.05, 3.63) is 54.4 Å². The first-order valence-electron chi connectivity index (χ1n) is 8.62. The van der Waals surface area contributed by atoms with Crippen LogP contribution in [0.25, 0.3) is 0 Å². The topological polar surface area (TPSA) is 91.9 Å². The fraction of sp³-hybridized carbons (Fsp3) is 0.263. The van der Waals surface area contributed by atoms with Gasteiger partial charge < -0.3 is 10.6 Å². The molecule has 1 atom stereocenters. The Morgan fingerprint density at radius 3 is 2.69 bits per heavy atom. The average Bonchev–Trinajstić information content (AvgIpc) is 3.13. The second kappa shape index (κ2) is 6.59. The van der Waals surface area contributed by atoms with Gasteiger partial charge in [0.05, 0.1) is 17.1 Å². The minimum absolute atomic E-state index is 0.191. The van der Waals surface area contributed by atoms with Gasteiger partial charge in [-0.25, -0.2) is 0 Å². The number of nitrogens with two attached hydrogens (primary N) is 1. The molecule has 1 aromatic carbocycles. The van der Waals surface area contributed by atoms with Gasteiger partial charge in [-0.1, -0.05) is 18.2 Å². The summed E-state index contributed by atoms with van der Waals surface area (Å²) in [5.41, 5.74) is 8.37. The molecular formula is C19H19N5O2. The highest BCUT2D eigenvalue weighted by atomic mass is 16.2. The zero-order valence-electron chi connectivity index (χ0n) is 14.2. The number of para-hydroxylation sites is 1. The maximum Gasteiger partial charge on any atom is 0.274 e. The number of primary amides is 1. The van der Waals surface area contributed by atoms with Crippen molar-refractivity contribution in [1.29, 1.82) is 0 Å². The van der Waals surface area contributed by atoms with Crippen molar-refractivity contribution in [2.75, 3.05) is 16.5 Å². The summed E-state index contributed by atoms with van der Waals surface area (Å²) in [6.45, 7) is 0.614. The summed E-state index contributed by atoms with van der Waals surface area (Å²) in [6.07, 6.45) is 3.65. The number of carbonyl (C=O) groups excluding carboxylic acids is 2. The van der Waals surface area contributed by atoms with Crippen LogP contribution in [0.1, 0.15) is 18.5 Å². The normalized spacial score (nSPS) is 19.1. The predicted molar refractivity (Wildman–Crippen MR) is 98.9 cm³/mol. The molecule has 2 N–H and O–H groups in total. The Bertz CT molecular complexity index is 881. The van der Waals surface area contributed by atoms with Crippen LogP contribution in [0.4, 0.5) is 11.4 Å². The second-order valence-electron chi connectivity index (χ2n) is 6.38. The molecule has 4 rings (SSSR count). The maximum atomic E-state index is 13.1. The van der Waals surface area contributed by atoms with E-state index in [1.807, 2.05) is 42.5 Å². The number of pyridine rings is 1. The molecule has 2 aliphatic rings. The summed E-state index contributed by atoms with van der Waals surface area (Å²) in [6, 6.07) is 12.3. The molecule has 0 unspecified atom stereocenters. The molecule has 1 aromatic heterocycles. The van der Waals surface area contributed by atoms with Crippen LogP contribution in [-0.4, -0.2) is 35.1 Å². The van der Waals surface area contributed by atoms with E-state index < -0.39 is 11.9 Å². The van der Waals surface area contributed by atoms with E-state index in [1.54, 1.807) is 16.1 Å². The van der Waals surface area contributed by atoms with Crippen molar-refractivity contribution in [3.63, 3.8) is 0 Å². The molecule has 0 aliphatic carbocycles. The van der Waals surface area contributed by atoms with Crippen LogP contribution in [-0.2, 0) is 16.0 Å². The number of carbonyl (C=O) groups is 2. The van der Waals surface area contributed by atoms with E-state index in [2.05, 4.69) is 10.1 Å². The molecular weight excluding hydrogens is 330 g/mol. The summed E-state index contributed by atoms with van der Waals surface area (Å²) in [5, 5.41) is 5.99. The van der Waals surface area contributed by atoms with Gasteiger partial charge in [0.1, 0.15) is 11.8 Å². The minimum atomic E-state index is -0.658. The van der Waals surface area contributed by atoms with Gasteiger partial charge in [0, 0.05) is 19.2 Å². The zero-order chi connectivity index (χ0) is 18.1. The summed E-state index contributed by atoms with van der Waals surface area (Å²) < 4.78 is 0. The third kappa shape index (κ3) is 2.81. The number of aryl methyl sites for hydroxylation is 1. The van der Waals surface area contributed by atoms with E-state index >= 15 is 0 Å². The van der Waals surface area contributed by atoms with Gasteiger partial charge in [0.25, 0.3) is 5.91 Å². The number of nitrogens with zero attached hydrogens (tertiary/aromatic N) is 4. The number of fused-ring (bicyclic) bond motifs is 1. The number of hydrogen-bond acceptors (Lipinski definition) is 5. The summed E-state index contributed by atoms with van der Waals surface area (Å²) in [5.74, 6) is -0.690. The summed E-state index contributed by atoms with van der Waals surface area (Å²) >= 11 is 0. The fourth-order valence-electron chi connectivity index (χ4n) is 3.44. The molecule has 2 aromatic rings. The van der Waals surface area contributed by atoms with Crippen molar-refractivity contribution in [3.8, 4) is 0 Å². The SMILES string of the molecule is NC(=O)[C@@H]1CC(C(=O)N2CCCc3ncccc32)=NN1c1ccccc1. The maximum absolute atomic E-state index is 13.1. The monoisotopic (exact) mass is 349 g/mol. The van der Waals surface area contributed by atoms with Crippen molar-refractivity contribution >= 4 is 28.9 Å². The molecule has 7 nitrogen and oxygen atoms in total. The molecule has 0 fully saturated rings. The van der Waals surface area contributed by atoms with Gasteiger partial charge >= 0.3 is 0 Å². The lowest BCUT2D eigenvalue weighted by Gasteiger charge is -2.28. The summed E-state index contributed by atoms with van der Waals surface area (Å²) in [4.78, 5) is 31.1. The third-order valence-electron chi connectivity index (χ3n) is 4.70. The first kappa shape index (κ1) is 16.3. The Kier molecular flexibility index (Phi) is 4.12. The molecule has 26 heavy (non-hydrogen) atoms. The lowest BCUT2D eigenvalue weighted by Crippen LogP contribution is -2.42. The molecule has 132 valence electrons. The van der Waals surface area contributed by atoms with E-state index in [9.17, 15) is 9.59 Å². The molecule has 7 heteroatoms. The number of aromatic nitrogens is 1. The smallest absolute Gasteiger partial charge is 0.274 e. The number of hydrazone groups is 1. The molecule has 0 saturated heterocycles. The lowest BCUT2D eigenvalue weighted by atomic mass is 10.0. The summed E-state index contributed by atoms with van der Waals surface area (Å²) in [7, 11) is 0. The predicted octanol–water partition coefficient (Wildman–Crippen LogP) is 1.48. The number of anilines is 2. The number of rotatable bonds is 3.